The molecule has 0 aliphatic rings. The maximum atomic E-state index is 11.7. The van der Waals surface area contributed by atoms with E-state index in [-0.39, 0.29) is 13.0 Å². The zero-order chi connectivity index (χ0) is 17.4. The molecule has 2 N–H and O–H groups in total. The van der Waals surface area contributed by atoms with Crippen LogP contribution in [0.3, 0.4) is 0 Å². The predicted octanol–water partition coefficient (Wildman–Crippen LogP) is 2.38. The molecule has 0 rings (SSSR count). The minimum atomic E-state index is -0.607. The fourth-order valence-corrected chi connectivity index (χ4v) is 1.50. The predicted molar refractivity (Wildman–Crippen MR) is 82.7 cm³/mol. The zero-order valence-corrected chi connectivity index (χ0v) is 14.3. The average Bonchev–Trinajstić information content (AvgIpc) is 2.23. The van der Waals surface area contributed by atoms with Gasteiger partial charge in [0.15, 0.2) is 0 Å². The van der Waals surface area contributed by atoms with Gasteiger partial charge in [-0.25, -0.2) is 9.59 Å². The number of alkyl carbamates (subject to hydrolysis) is 2. The summed E-state index contributed by atoms with van der Waals surface area (Å²) in [6.45, 7) is 10.9. The highest BCUT2D eigenvalue weighted by molar-refractivity contribution is 5.69. The Balaban J connectivity index is 4.22. The lowest BCUT2D eigenvalue weighted by Gasteiger charge is -2.23. The van der Waals surface area contributed by atoms with Crippen LogP contribution in [0.25, 0.3) is 0 Å². The van der Waals surface area contributed by atoms with Crippen molar-refractivity contribution in [2.45, 2.75) is 71.6 Å². The van der Waals surface area contributed by atoms with Crippen molar-refractivity contribution in [3.05, 3.63) is 0 Å². The van der Waals surface area contributed by atoms with Crippen LogP contribution in [0.15, 0.2) is 0 Å². The van der Waals surface area contributed by atoms with Gasteiger partial charge in [-0.2, -0.15) is 0 Å². The van der Waals surface area contributed by atoms with Crippen LogP contribution in [0.2, 0.25) is 0 Å². The van der Waals surface area contributed by atoms with Crippen LogP contribution in [-0.4, -0.2) is 42.3 Å². The highest BCUT2D eigenvalue weighted by Gasteiger charge is 2.20. The number of hydrogen-bond donors (Lipinski definition) is 2. The van der Waals surface area contributed by atoms with Gasteiger partial charge in [-0.1, -0.05) is 0 Å². The zero-order valence-electron chi connectivity index (χ0n) is 14.3. The lowest BCUT2D eigenvalue weighted by molar-refractivity contribution is -0.108. The SMILES string of the molecule is CC(C)(C)OC(=O)NCC[C@H](CC=O)NC(=O)OC(C)(C)C. The average molecular weight is 316 g/mol. The maximum Gasteiger partial charge on any atom is 0.407 e. The topological polar surface area (TPSA) is 93.7 Å². The molecular weight excluding hydrogens is 288 g/mol. The van der Waals surface area contributed by atoms with Crippen molar-refractivity contribution in [1.82, 2.24) is 10.6 Å². The number of amides is 2. The molecule has 128 valence electrons. The summed E-state index contributed by atoms with van der Waals surface area (Å²) >= 11 is 0. The van der Waals surface area contributed by atoms with Gasteiger partial charge in [-0.05, 0) is 48.0 Å². The number of rotatable bonds is 6. The monoisotopic (exact) mass is 316 g/mol. The van der Waals surface area contributed by atoms with Gasteiger partial charge in [0.2, 0.25) is 0 Å². The molecule has 0 unspecified atom stereocenters. The Morgan fingerprint density at radius 1 is 1.00 bits per heavy atom. The van der Waals surface area contributed by atoms with E-state index in [1.165, 1.54) is 0 Å². The largest absolute Gasteiger partial charge is 0.444 e. The molecule has 0 saturated heterocycles. The molecule has 22 heavy (non-hydrogen) atoms. The van der Waals surface area contributed by atoms with Gasteiger partial charge in [-0.15, -0.1) is 0 Å². The first-order chi connectivity index (χ1) is 9.93. The molecule has 0 spiro atoms. The first-order valence-corrected chi connectivity index (χ1v) is 7.33. The summed E-state index contributed by atoms with van der Waals surface area (Å²) in [5.41, 5.74) is -1.17. The molecular formula is C15H28N2O5. The van der Waals surface area contributed by atoms with Gasteiger partial charge in [0.05, 0.1) is 0 Å². The normalized spacial score (nSPS) is 13.0. The Labute approximate surface area is 132 Å². The van der Waals surface area contributed by atoms with Crippen molar-refractivity contribution < 1.29 is 23.9 Å². The van der Waals surface area contributed by atoms with Crippen molar-refractivity contribution in [1.29, 1.82) is 0 Å². The van der Waals surface area contributed by atoms with Gasteiger partial charge in [0.25, 0.3) is 0 Å². The van der Waals surface area contributed by atoms with E-state index >= 15 is 0 Å². The first kappa shape index (κ1) is 20.2. The summed E-state index contributed by atoms with van der Waals surface area (Å²) in [4.78, 5) is 33.8. The van der Waals surface area contributed by atoms with Crippen LogP contribution in [0.5, 0.6) is 0 Å². The fourth-order valence-electron chi connectivity index (χ4n) is 1.50. The number of carbonyl (C=O) groups excluding carboxylic acids is 3. The Morgan fingerprint density at radius 2 is 1.50 bits per heavy atom. The van der Waals surface area contributed by atoms with E-state index in [0.29, 0.717) is 6.42 Å². The van der Waals surface area contributed by atoms with Crippen molar-refractivity contribution in [2.75, 3.05) is 6.54 Å². The Bertz CT molecular complexity index is 382. The number of carbonyl (C=O) groups is 3. The molecule has 7 nitrogen and oxygen atoms in total. The molecule has 0 heterocycles. The molecule has 2 amide bonds. The number of aldehydes is 1. The Hall–Kier alpha value is -1.79. The van der Waals surface area contributed by atoms with Crippen molar-refractivity contribution in [3.8, 4) is 0 Å². The number of hydrogen-bond acceptors (Lipinski definition) is 5. The van der Waals surface area contributed by atoms with Gasteiger partial charge in [0.1, 0.15) is 17.5 Å². The second-order valence-electron chi connectivity index (χ2n) is 6.96. The second-order valence-corrected chi connectivity index (χ2v) is 6.96. The van der Waals surface area contributed by atoms with Crippen molar-refractivity contribution >= 4 is 18.5 Å². The van der Waals surface area contributed by atoms with E-state index in [9.17, 15) is 14.4 Å². The third-order valence-corrected chi connectivity index (χ3v) is 2.26. The van der Waals surface area contributed by atoms with E-state index < -0.39 is 29.4 Å². The van der Waals surface area contributed by atoms with E-state index in [1.54, 1.807) is 41.5 Å². The van der Waals surface area contributed by atoms with Crippen LogP contribution in [0.4, 0.5) is 9.59 Å². The van der Waals surface area contributed by atoms with Gasteiger partial charge >= 0.3 is 12.2 Å². The van der Waals surface area contributed by atoms with Gasteiger partial charge in [0, 0.05) is 19.0 Å². The highest BCUT2D eigenvalue weighted by atomic mass is 16.6. The minimum absolute atomic E-state index is 0.148. The molecule has 0 aliphatic heterocycles. The molecule has 0 aromatic carbocycles. The molecule has 0 aromatic rings. The van der Waals surface area contributed by atoms with Crippen LogP contribution < -0.4 is 10.6 Å². The molecule has 7 heteroatoms. The standard InChI is InChI=1S/C15H28N2O5/c1-14(2,3)21-12(19)16-9-7-11(8-10-18)17-13(20)22-15(4,5)6/h10-11H,7-9H2,1-6H3,(H,16,19)(H,17,20)/t11-/m1/s1. The van der Waals surface area contributed by atoms with Crippen LogP contribution >= 0.6 is 0 Å². The van der Waals surface area contributed by atoms with Gasteiger partial charge in [-0.3, -0.25) is 0 Å². The third kappa shape index (κ3) is 12.0. The quantitative estimate of drug-likeness (QED) is 0.734. The van der Waals surface area contributed by atoms with E-state index in [0.717, 1.165) is 6.29 Å². The van der Waals surface area contributed by atoms with Gasteiger partial charge < -0.3 is 24.9 Å². The van der Waals surface area contributed by atoms with Crippen molar-refractivity contribution in [2.24, 2.45) is 0 Å². The molecule has 0 fully saturated rings. The Kier molecular flexibility index (Phi) is 7.90. The van der Waals surface area contributed by atoms with Crippen LogP contribution in [0, 0.1) is 0 Å². The summed E-state index contributed by atoms with van der Waals surface area (Å²) in [6.07, 6.45) is 0.147. The molecule has 0 bridgehead atoms. The second kappa shape index (κ2) is 8.60. The minimum Gasteiger partial charge on any atom is -0.444 e. The summed E-state index contributed by atoms with van der Waals surface area (Å²) in [7, 11) is 0. The van der Waals surface area contributed by atoms with E-state index in [4.69, 9.17) is 9.47 Å². The Morgan fingerprint density at radius 3 is 1.95 bits per heavy atom. The lowest BCUT2D eigenvalue weighted by Crippen LogP contribution is -2.41. The molecule has 0 radical (unpaired) electrons. The number of ether oxygens (including phenoxy) is 2. The smallest absolute Gasteiger partial charge is 0.407 e. The molecule has 0 aliphatic carbocycles. The maximum absolute atomic E-state index is 11.7. The third-order valence-electron chi connectivity index (χ3n) is 2.26. The lowest BCUT2D eigenvalue weighted by atomic mass is 10.1. The molecule has 0 saturated carbocycles. The van der Waals surface area contributed by atoms with Crippen LogP contribution in [0.1, 0.15) is 54.4 Å². The van der Waals surface area contributed by atoms with Crippen molar-refractivity contribution in [3.63, 3.8) is 0 Å². The fraction of sp³-hybridized carbons (Fsp3) is 0.800. The number of nitrogens with one attached hydrogen (secondary N) is 2. The highest BCUT2D eigenvalue weighted by Crippen LogP contribution is 2.08. The van der Waals surface area contributed by atoms with E-state index in [1.807, 2.05) is 0 Å². The summed E-state index contributed by atoms with van der Waals surface area (Å²) < 4.78 is 10.2. The first-order valence-electron chi connectivity index (χ1n) is 7.33. The van der Waals surface area contributed by atoms with Crippen LogP contribution in [-0.2, 0) is 14.3 Å². The summed E-state index contributed by atoms with van der Waals surface area (Å²) in [6, 6.07) is -0.401. The molecule has 1 atom stereocenters. The molecule has 0 aromatic heterocycles. The summed E-state index contributed by atoms with van der Waals surface area (Å²) in [5.74, 6) is 0. The summed E-state index contributed by atoms with van der Waals surface area (Å²) in [5, 5.41) is 5.19. The van der Waals surface area contributed by atoms with E-state index in [2.05, 4.69) is 10.6 Å².